The van der Waals surface area contributed by atoms with E-state index < -0.39 is 0 Å². The zero-order valence-corrected chi connectivity index (χ0v) is 9.71. The Morgan fingerprint density at radius 2 is 2.07 bits per heavy atom. The van der Waals surface area contributed by atoms with E-state index in [2.05, 4.69) is 5.32 Å². The molecule has 1 unspecified atom stereocenters. The van der Waals surface area contributed by atoms with Gasteiger partial charge in [0.1, 0.15) is 5.82 Å². The molecule has 1 aliphatic heterocycles. The predicted molar refractivity (Wildman–Crippen MR) is 61.1 cm³/mol. The fourth-order valence-electron chi connectivity index (χ4n) is 1.93. The summed E-state index contributed by atoms with van der Waals surface area (Å²) in [7, 11) is 0. The molecule has 15 heavy (non-hydrogen) atoms. The Hall–Kier alpha value is -0.310. The minimum absolute atomic E-state index is 0.146. The average Bonchev–Trinajstić information content (AvgIpc) is 2.71. The van der Waals surface area contributed by atoms with E-state index in [1.165, 1.54) is 6.07 Å². The highest BCUT2D eigenvalue weighted by Crippen LogP contribution is 2.27. The summed E-state index contributed by atoms with van der Waals surface area (Å²) in [5.74, 6) is -0.377. The third kappa shape index (κ3) is 2.44. The van der Waals surface area contributed by atoms with E-state index in [9.17, 15) is 4.39 Å². The predicted octanol–water partition coefficient (Wildman–Crippen LogP) is 3.43. The lowest BCUT2D eigenvalue weighted by Crippen LogP contribution is -2.24. The number of benzene rings is 1. The van der Waals surface area contributed by atoms with Gasteiger partial charge in [-0.1, -0.05) is 23.2 Å². The first kappa shape index (κ1) is 11.2. The van der Waals surface area contributed by atoms with Crippen LogP contribution in [0.4, 0.5) is 4.39 Å². The first-order valence-corrected chi connectivity index (χ1v) is 5.80. The van der Waals surface area contributed by atoms with Gasteiger partial charge >= 0.3 is 0 Å². The quantitative estimate of drug-likeness (QED) is 0.790. The molecule has 1 N–H and O–H groups in total. The van der Waals surface area contributed by atoms with Crippen molar-refractivity contribution < 1.29 is 4.39 Å². The zero-order valence-electron chi connectivity index (χ0n) is 8.19. The largest absolute Gasteiger partial charge is 0.314 e. The molecule has 0 aromatic heterocycles. The summed E-state index contributed by atoms with van der Waals surface area (Å²) in [6.07, 6.45) is 2.83. The van der Waals surface area contributed by atoms with Gasteiger partial charge in [-0.3, -0.25) is 0 Å². The smallest absolute Gasteiger partial charge is 0.146 e. The molecule has 1 aromatic rings. The third-order valence-electron chi connectivity index (χ3n) is 2.75. The summed E-state index contributed by atoms with van der Waals surface area (Å²) in [5, 5.41) is 3.92. The van der Waals surface area contributed by atoms with Crippen molar-refractivity contribution in [1.29, 1.82) is 0 Å². The molecule has 0 bridgehead atoms. The molecule has 2 rings (SSSR count). The van der Waals surface area contributed by atoms with Gasteiger partial charge in [0.25, 0.3) is 0 Å². The van der Waals surface area contributed by atoms with Crippen molar-refractivity contribution in [2.45, 2.75) is 25.3 Å². The number of hydrogen-bond acceptors (Lipinski definition) is 1. The van der Waals surface area contributed by atoms with Crippen molar-refractivity contribution in [3.8, 4) is 0 Å². The van der Waals surface area contributed by atoms with E-state index in [-0.39, 0.29) is 10.8 Å². The van der Waals surface area contributed by atoms with Crippen LogP contribution in [0.15, 0.2) is 12.1 Å². The van der Waals surface area contributed by atoms with Gasteiger partial charge < -0.3 is 5.32 Å². The summed E-state index contributed by atoms with van der Waals surface area (Å²) in [5.41, 5.74) is 0.531. The highest BCUT2D eigenvalue weighted by molar-refractivity contribution is 6.33. The fourth-order valence-corrected chi connectivity index (χ4v) is 2.33. The van der Waals surface area contributed by atoms with E-state index in [1.807, 2.05) is 0 Å². The van der Waals surface area contributed by atoms with Crippen LogP contribution in [0.3, 0.4) is 0 Å². The van der Waals surface area contributed by atoms with Crippen molar-refractivity contribution in [3.63, 3.8) is 0 Å². The van der Waals surface area contributed by atoms with E-state index in [0.717, 1.165) is 19.4 Å². The summed E-state index contributed by atoms with van der Waals surface area (Å²) in [6.45, 7) is 1.00. The molecule has 0 spiro atoms. The summed E-state index contributed by atoms with van der Waals surface area (Å²) in [4.78, 5) is 0. The Morgan fingerprint density at radius 1 is 1.33 bits per heavy atom. The SMILES string of the molecule is Fc1c(Cl)ccc(Cl)c1CC1CCCN1. The van der Waals surface area contributed by atoms with Crippen LogP contribution in [0.5, 0.6) is 0 Å². The van der Waals surface area contributed by atoms with Crippen LogP contribution in [-0.4, -0.2) is 12.6 Å². The van der Waals surface area contributed by atoms with Crippen LogP contribution in [-0.2, 0) is 6.42 Å². The van der Waals surface area contributed by atoms with Crippen LogP contribution in [0.1, 0.15) is 18.4 Å². The normalized spacial score (nSPS) is 20.9. The highest BCUT2D eigenvalue weighted by atomic mass is 35.5. The molecule has 0 amide bonds. The molecular formula is C11H12Cl2FN. The maximum absolute atomic E-state index is 13.7. The zero-order chi connectivity index (χ0) is 10.8. The Balaban J connectivity index is 2.22. The lowest BCUT2D eigenvalue weighted by Gasteiger charge is -2.12. The number of nitrogens with one attached hydrogen (secondary N) is 1. The summed E-state index contributed by atoms with van der Waals surface area (Å²) < 4.78 is 13.7. The van der Waals surface area contributed by atoms with E-state index in [0.29, 0.717) is 23.0 Å². The van der Waals surface area contributed by atoms with Gasteiger partial charge in [-0.05, 0) is 37.9 Å². The molecule has 0 aliphatic carbocycles. The Kier molecular flexibility index (Phi) is 3.49. The van der Waals surface area contributed by atoms with Crippen molar-refractivity contribution in [2.24, 2.45) is 0 Å². The molecule has 1 saturated heterocycles. The van der Waals surface area contributed by atoms with Gasteiger partial charge in [-0.15, -0.1) is 0 Å². The minimum Gasteiger partial charge on any atom is -0.314 e. The van der Waals surface area contributed by atoms with Crippen molar-refractivity contribution in [2.75, 3.05) is 6.54 Å². The lowest BCUT2D eigenvalue weighted by molar-refractivity contribution is 0.561. The maximum Gasteiger partial charge on any atom is 0.146 e. The van der Waals surface area contributed by atoms with E-state index in [4.69, 9.17) is 23.2 Å². The van der Waals surface area contributed by atoms with Gasteiger partial charge in [0.05, 0.1) is 5.02 Å². The molecule has 4 heteroatoms. The van der Waals surface area contributed by atoms with Crippen molar-refractivity contribution in [3.05, 3.63) is 33.6 Å². The second-order valence-electron chi connectivity index (χ2n) is 3.82. The van der Waals surface area contributed by atoms with Crippen LogP contribution in [0.2, 0.25) is 10.0 Å². The molecule has 1 fully saturated rings. The number of hydrogen-bond donors (Lipinski definition) is 1. The monoisotopic (exact) mass is 247 g/mol. The molecule has 82 valence electrons. The average molecular weight is 248 g/mol. The van der Waals surface area contributed by atoms with Gasteiger partial charge in [0, 0.05) is 16.6 Å². The Morgan fingerprint density at radius 3 is 2.73 bits per heavy atom. The number of rotatable bonds is 2. The molecular weight excluding hydrogens is 236 g/mol. The molecule has 1 nitrogen and oxygen atoms in total. The minimum atomic E-state index is -0.377. The van der Waals surface area contributed by atoms with Crippen LogP contribution >= 0.6 is 23.2 Å². The third-order valence-corrected chi connectivity index (χ3v) is 3.40. The molecule has 1 heterocycles. The molecule has 0 saturated carbocycles. The van der Waals surface area contributed by atoms with Crippen LogP contribution in [0, 0.1) is 5.82 Å². The molecule has 1 atom stereocenters. The summed E-state index contributed by atoms with van der Waals surface area (Å²) >= 11 is 11.7. The lowest BCUT2D eigenvalue weighted by atomic mass is 10.0. The van der Waals surface area contributed by atoms with Gasteiger partial charge in [0.2, 0.25) is 0 Å². The Labute approximate surface area is 98.6 Å². The second kappa shape index (κ2) is 4.69. The standard InChI is InChI=1S/C11H12Cl2FN/c12-9-3-4-10(13)11(14)8(9)6-7-2-1-5-15-7/h3-4,7,15H,1-2,5-6H2. The van der Waals surface area contributed by atoms with Gasteiger partial charge in [-0.2, -0.15) is 0 Å². The first-order chi connectivity index (χ1) is 7.18. The number of halogens is 3. The highest BCUT2D eigenvalue weighted by Gasteiger charge is 2.19. The van der Waals surface area contributed by atoms with E-state index >= 15 is 0 Å². The Bertz CT molecular complexity index is 362. The fraction of sp³-hybridized carbons (Fsp3) is 0.455. The molecule has 0 radical (unpaired) electrons. The van der Waals surface area contributed by atoms with Gasteiger partial charge in [0.15, 0.2) is 0 Å². The van der Waals surface area contributed by atoms with Crippen molar-refractivity contribution >= 4 is 23.2 Å². The first-order valence-electron chi connectivity index (χ1n) is 5.04. The molecule has 1 aliphatic rings. The van der Waals surface area contributed by atoms with Crippen LogP contribution in [0.25, 0.3) is 0 Å². The van der Waals surface area contributed by atoms with Crippen molar-refractivity contribution in [1.82, 2.24) is 5.32 Å². The van der Waals surface area contributed by atoms with Gasteiger partial charge in [-0.25, -0.2) is 4.39 Å². The van der Waals surface area contributed by atoms with E-state index in [1.54, 1.807) is 6.07 Å². The topological polar surface area (TPSA) is 12.0 Å². The maximum atomic E-state index is 13.7. The second-order valence-corrected chi connectivity index (χ2v) is 4.63. The molecule has 1 aromatic carbocycles. The summed E-state index contributed by atoms with van der Waals surface area (Å²) in [6, 6.07) is 3.47. The van der Waals surface area contributed by atoms with Crippen LogP contribution < -0.4 is 5.32 Å².